The van der Waals surface area contributed by atoms with Gasteiger partial charge in [-0.15, -0.1) is 17.9 Å². The zero-order chi connectivity index (χ0) is 22.5. The summed E-state index contributed by atoms with van der Waals surface area (Å²) in [6.07, 6.45) is 5.70. The molecule has 2 aromatic heterocycles. The van der Waals surface area contributed by atoms with Crippen molar-refractivity contribution in [2.24, 2.45) is 0 Å². The molecule has 9 heteroatoms. The minimum absolute atomic E-state index is 0.0249. The Morgan fingerprint density at radius 3 is 2.72 bits per heavy atom. The lowest BCUT2D eigenvalue weighted by atomic mass is 10.2. The van der Waals surface area contributed by atoms with Gasteiger partial charge >= 0.3 is 6.03 Å². The number of hydrogen-bond acceptors (Lipinski definition) is 6. The van der Waals surface area contributed by atoms with Gasteiger partial charge in [-0.25, -0.2) is 9.78 Å². The van der Waals surface area contributed by atoms with E-state index in [0.717, 1.165) is 47.9 Å². The maximum atomic E-state index is 13.1. The van der Waals surface area contributed by atoms with Crippen molar-refractivity contribution in [3.63, 3.8) is 0 Å². The van der Waals surface area contributed by atoms with Crippen molar-refractivity contribution in [2.75, 3.05) is 5.75 Å². The molecule has 0 bridgehead atoms. The summed E-state index contributed by atoms with van der Waals surface area (Å²) < 4.78 is 2.08. The van der Waals surface area contributed by atoms with E-state index in [2.05, 4.69) is 22.2 Å². The number of urea groups is 1. The molecule has 3 aromatic rings. The molecule has 0 saturated heterocycles. The summed E-state index contributed by atoms with van der Waals surface area (Å²) in [5, 5.41) is 5.61. The predicted molar refractivity (Wildman–Crippen MR) is 129 cm³/mol. The molecule has 166 valence electrons. The molecule has 0 atom stereocenters. The van der Waals surface area contributed by atoms with Crippen LogP contribution in [-0.2, 0) is 11.3 Å². The third-order valence-corrected chi connectivity index (χ3v) is 7.38. The van der Waals surface area contributed by atoms with E-state index in [-0.39, 0.29) is 23.9 Å². The third kappa shape index (κ3) is 5.11. The Balaban J connectivity index is 1.51. The highest BCUT2D eigenvalue weighted by atomic mass is 32.2. The molecular weight excluding hydrogens is 444 g/mol. The van der Waals surface area contributed by atoms with E-state index >= 15 is 0 Å². The van der Waals surface area contributed by atoms with Gasteiger partial charge in [0.05, 0.1) is 11.3 Å². The maximum absolute atomic E-state index is 13.1. The number of allylic oxidation sites excluding steroid dienone is 1. The Bertz CT molecular complexity index is 1200. The van der Waals surface area contributed by atoms with Crippen molar-refractivity contribution >= 4 is 45.3 Å². The molecule has 1 aromatic carbocycles. The molecule has 2 heterocycles. The largest absolute Gasteiger partial charge is 0.335 e. The average Bonchev–Trinajstić information content (AvgIpc) is 3.45. The summed E-state index contributed by atoms with van der Waals surface area (Å²) in [6.45, 7) is 4.01. The van der Waals surface area contributed by atoms with Gasteiger partial charge < -0.3 is 5.32 Å². The van der Waals surface area contributed by atoms with Crippen LogP contribution in [0.25, 0.3) is 20.7 Å². The van der Waals surface area contributed by atoms with Gasteiger partial charge in [0.15, 0.2) is 5.16 Å². The molecule has 4 rings (SSSR count). The van der Waals surface area contributed by atoms with Crippen LogP contribution in [0.3, 0.4) is 0 Å². The highest BCUT2D eigenvalue weighted by Gasteiger charge is 2.19. The van der Waals surface area contributed by atoms with Crippen molar-refractivity contribution in [3.05, 3.63) is 59.4 Å². The molecule has 0 aliphatic heterocycles. The van der Waals surface area contributed by atoms with E-state index < -0.39 is 11.9 Å². The van der Waals surface area contributed by atoms with E-state index in [0.29, 0.717) is 15.4 Å². The second-order valence-electron chi connectivity index (χ2n) is 7.58. The van der Waals surface area contributed by atoms with E-state index in [1.165, 1.54) is 15.9 Å². The van der Waals surface area contributed by atoms with Gasteiger partial charge in [-0.05, 0) is 24.5 Å². The van der Waals surface area contributed by atoms with Gasteiger partial charge in [0, 0.05) is 17.5 Å². The van der Waals surface area contributed by atoms with Gasteiger partial charge in [-0.2, -0.15) is 0 Å². The number of fused-ring (bicyclic) bond motifs is 1. The number of aromatic nitrogens is 2. The number of imide groups is 1. The number of carbonyl (C=O) groups is 2. The number of thiophene rings is 1. The number of benzene rings is 1. The highest BCUT2D eigenvalue weighted by Crippen LogP contribution is 2.32. The van der Waals surface area contributed by atoms with Gasteiger partial charge in [0.25, 0.3) is 5.56 Å². The van der Waals surface area contributed by atoms with Crippen LogP contribution >= 0.6 is 23.1 Å². The minimum atomic E-state index is -0.472. The Morgan fingerprint density at radius 1 is 1.25 bits per heavy atom. The lowest BCUT2D eigenvalue weighted by molar-refractivity contribution is -0.117. The van der Waals surface area contributed by atoms with Crippen molar-refractivity contribution in [1.82, 2.24) is 20.2 Å². The Labute approximate surface area is 193 Å². The number of rotatable bonds is 7. The maximum Gasteiger partial charge on any atom is 0.321 e. The van der Waals surface area contributed by atoms with Gasteiger partial charge in [-0.1, -0.05) is 61.0 Å². The SMILES string of the molecule is C=CCn1c(SCC(=O)NC(=O)NC2CCCC2)nc2cc(-c3ccccc3)sc2c1=O. The van der Waals surface area contributed by atoms with Gasteiger partial charge in [-0.3, -0.25) is 19.5 Å². The first-order valence-corrected chi connectivity index (χ1v) is 12.3. The monoisotopic (exact) mass is 468 g/mol. The molecular formula is C23H24N4O3S2. The fourth-order valence-corrected chi connectivity index (χ4v) is 5.58. The predicted octanol–water partition coefficient (Wildman–Crippen LogP) is 4.17. The molecule has 1 aliphatic carbocycles. The number of hydrogen-bond donors (Lipinski definition) is 2. The number of amides is 3. The summed E-state index contributed by atoms with van der Waals surface area (Å²) in [4.78, 5) is 43.0. The van der Waals surface area contributed by atoms with Crippen molar-refractivity contribution in [2.45, 2.75) is 43.4 Å². The zero-order valence-corrected chi connectivity index (χ0v) is 19.1. The molecule has 1 fully saturated rings. The average molecular weight is 469 g/mol. The van der Waals surface area contributed by atoms with Crippen LogP contribution in [0.5, 0.6) is 0 Å². The topological polar surface area (TPSA) is 93.1 Å². The van der Waals surface area contributed by atoms with Crippen LogP contribution in [0.1, 0.15) is 25.7 Å². The van der Waals surface area contributed by atoms with Crippen LogP contribution in [-0.4, -0.2) is 33.3 Å². The van der Waals surface area contributed by atoms with E-state index in [4.69, 9.17) is 0 Å². The lowest BCUT2D eigenvalue weighted by Crippen LogP contribution is -2.44. The lowest BCUT2D eigenvalue weighted by Gasteiger charge is -2.12. The van der Waals surface area contributed by atoms with E-state index in [9.17, 15) is 14.4 Å². The third-order valence-electron chi connectivity index (χ3n) is 5.24. The number of nitrogens with zero attached hydrogens (tertiary/aromatic N) is 2. The first-order chi connectivity index (χ1) is 15.5. The zero-order valence-electron chi connectivity index (χ0n) is 17.5. The molecule has 3 amide bonds. The van der Waals surface area contributed by atoms with E-state index in [1.807, 2.05) is 36.4 Å². The normalized spacial score (nSPS) is 13.9. The van der Waals surface area contributed by atoms with Crippen LogP contribution in [0.15, 0.2) is 59.0 Å². The first kappa shape index (κ1) is 22.3. The van der Waals surface area contributed by atoms with Crippen LogP contribution in [0.4, 0.5) is 4.79 Å². The molecule has 1 saturated carbocycles. The minimum Gasteiger partial charge on any atom is -0.335 e. The standard InChI is InChI=1S/C23H24N4O3S2/c1-2-12-27-21(29)20-17(13-18(32-20)15-8-4-3-5-9-15)25-23(27)31-14-19(28)26-22(30)24-16-10-6-7-11-16/h2-5,8-9,13,16H,1,6-7,10-12,14H2,(H2,24,26,28,30). The van der Waals surface area contributed by atoms with Gasteiger partial charge in [0.1, 0.15) is 4.70 Å². The Kier molecular flexibility index (Phi) is 7.06. The van der Waals surface area contributed by atoms with Crippen molar-refractivity contribution in [3.8, 4) is 10.4 Å². The second-order valence-corrected chi connectivity index (χ2v) is 9.58. The second kappa shape index (κ2) is 10.1. The first-order valence-electron chi connectivity index (χ1n) is 10.5. The molecule has 32 heavy (non-hydrogen) atoms. The molecule has 0 spiro atoms. The summed E-state index contributed by atoms with van der Waals surface area (Å²) in [6, 6.07) is 11.4. The summed E-state index contributed by atoms with van der Waals surface area (Å²) in [7, 11) is 0. The van der Waals surface area contributed by atoms with Gasteiger partial charge in [0.2, 0.25) is 5.91 Å². The molecule has 7 nitrogen and oxygen atoms in total. The number of nitrogens with one attached hydrogen (secondary N) is 2. The smallest absolute Gasteiger partial charge is 0.321 e. The molecule has 0 radical (unpaired) electrons. The highest BCUT2D eigenvalue weighted by molar-refractivity contribution is 7.99. The molecule has 2 N–H and O–H groups in total. The summed E-state index contributed by atoms with van der Waals surface area (Å²) in [5.74, 6) is -0.455. The fourth-order valence-electron chi connectivity index (χ4n) is 3.72. The summed E-state index contributed by atoms with van der Waals surface area (Å²) >= 11 is 2.53. The molecule has 0 unspecified atom stereocenters. The fraction of sp³-hybridized carbons (Fsp3) is 0.304. The van der Waals surface area contributed by atoms with Crippen LogP contribution in [0, 0.1) is 0 Å². The molecule has 1 aliphatic rings. The Morgan fingerprint density at radius 2 is 2.00 bits per heavy atom. The number of carbonyl (C=O) groups excluding carboxylic acids is 2. The van der Waals surface area contributed by atoms with E-state index in [1.54, 1.807) is 6.08 Å². The Hall–Kier alpha value is -2.91. The van der Waals surface area contributed by atoms with Crippen LogP contribution in [0.2, 0.25) is 0 Å². The summed E-state index contributed by atoms with van der Waals surface area (Å²) in [5.41, 5.74) is 1.46. The van der Waals surface area contributed by atoms with Crippen molar-refractivity contribution < 1.29 is 9.59 Å². The quantitative estimate of drug-likeness (QED) is 0.308. The van der Waals surface area contributed by atoms with Crippen molar-refractivity contribution in [1.29, 1.82) is 0 Å². The van der Waals surface area contributed by atoms with Crippen LogP contribution < -0.4 is 16.2 Å². The number of thioether (sulfide) groups is 1.